The van der Waals surface area contributed by atoms with Crippen LogP contribution in [0.3, 0.4) is 0 Å². The van der Waals surface area contributed by atoms with Crippen LogP contribution in [0.4, 0.5) is 0 Å². The summed E-state index contributed by atoms with van der Waals surface area (Å²) in [4.78, 5) is 16.7. The van der Waals surface area contributed by atoms with E-state index in [0.29, 0.717) is 5.56 Å². The van der Waals surface area contributed by atoms with Crippen LogP contribution in [0.2, 0.25) is 0 Å². The van der Waals surface area contributed by atoms with Gasteiger partial charge in [-0.05, 0) is 43.9 Å². The van der Waals surface area contributed by atoms with Crippen LogP contribution in [0.15, 0.2) is 30.5 Å². The third-order valence-electron chi connectivity index (χ3n) is 4.19. The highest BCUT2D eigenvalue weighted by atomic mass is 16.5. The van der Waals surface area contributed by atoms with Crippen LogP contribution in [0.25, 0.3) is 10.9 Å². The lowest BCUT2D eigenvalue weighted by Crippen LogP contribution is -2.38. The van der Waals surface area contributed by atoms with Crippen LogP contribution >= 0.6 is 0 Å². The number of pyridine rings is 1. The molecule has 1 amide bonds. The normalized spacial score (nSPS) is 21.5. The summed E-state index contributed by atoms with van der Waals surface area (Å²) in [5.41, 5.74) is 1.36. The van der Waals surface area contributed by atoms with Crippen LogP contribution in [0.5, 0.6) is 5.75 Å². The fraction of sp³-hybridized carbons (Fsp3) is 0.412. The van der Waals surface area contributed by atoms with Gasteiger partial charge in [0.2, 0.25) is 0 Å². The van der Waals surface area contributed by atoms with Crippen molar-refractivity contribution in [2.24, 2.45) is 0 Å². The van der Waals surface area contributed by atoms with E-state index in [1.165, 1.54) is 0 Å². The number of hydrogen-bond acceptors (Lipinski definition) is 4. The number of ether oxygens (including phenoxy) is 1. The Hall–Kier alpha value is -2.14. The first-order valence-electron chi connectivity index (χ1n) is 7.58. The highest BCUT2D eigenvalue weighted by Gasteiger charge is 2.21. The number of rotatable bonds is 3. The number of hydrogen-bond donors (Lipinski definition) is 2. The maximum absolute atomic E-state index is 12.3. The Kier molecular flexibility index (Phi) is 4.24. The summed E-state index contributed by atoms with van der Waals surface area (Å²) >= 11 is 0. The third-order valence-corrected chi connectivity index (χ3v) is 4.19. The van der Waals surface area contributed by atoms with Crippen molar-refractivity contribution < 1.29 is 14.6 Å². The van der Waals surface area contributed by atoms with Gasteiger partial charge in [0.05, 0.1) is 24.3 Å². The summed E-state index contributed by atoms with van der Waals surface area (Å²) in [6.07, 6.45) is 4.53. The molecule has 0 saturated heterocycles. The van der Waals surface area contributed by atoms with Gasteiger partial charge in [0.25, 0.3) is 5.91 Å². The smallest absolute Gasteiger partial charge is 0.253 e. The third kappa shape index (κ3) is 3.20. The number of nitrogens with one attached hydrogen (secondary N) is 1. The minimum Gasteiger partial charge on any atom is -0.497 e. The second kappa shape index (κ2) is 6.32. The van der Waals surface area contributed by atoms with Crippen molar-refractivity contribution in [3.05, 3.63) is 36.0 Å². The highest BCUT2D eigenvalue weighted by Crippen LogP contribution is 2.21. The molecule has 1 aliphatic rings. The molecule has 0 atom stereocenters. The topological polar surface area (TPSA) is 71.5 Å². The fourth-order valence-electron chi connectivity index (χ4n) is 2.84. The van der Waals surface area contributed by atoms with Crippen LogP contribution in [0.1, 0.15) is 36.0 Å². The number of nitrogens with zero attached hydrogens (tertiary/aromatic N) is 1. The van der Waals surface area contributed by atoms with E-state index in [1.807, 2.05) is 24.3 Å². The number of carbonyl (C=O) groups is 1. The van der Waals surface area contributed by atoms with E-state index in [9.17, 15) is 9.90 Å². The molecule has 1 aromatic heterocycles. The molecule has 2 N–H and O–H groups in total. The molecule has 1 aromatic carbocycles. The van der Waals surface area contributed by atoms with Gasteiger partial charge in [-0.15, -0.1) is 0 Å². The number of aliphatic hydroxyl groups excluding tert-OH is 1. The van der Waals surface area contributed by atoms with Crippen molar-refractivity contribution in [3.8, 4) is 5.75 Å². The highest BCUT2D eigenvalue weighted by molar-refractivity contribution is 5.97. The van der Waals surface area contributed by atoms with Crippen molar-refractivity contribution in [1.29, 1.82) is 0 Å². The van der Waals surface area contributed by atoms with Crippen molar-refractivity contribution in [2.75, 3.05) is 7.11 Å². The zero-order valence-electron chi connectivity index (χ0n) is 12.6. The molecule has 5 heteroatoms. The van der Waals surface area contributed by atoms with E-state index in [-0.39, 0.29) is 18.1 Å². The molecule has 3 rings (SSSR count). The fourth-order valence-corrected chi connectivity index (χ4v) is 2.84. The lowest BCUT2D eigenvalue weighted by molar-refractivity contribution is 0.0867. The monoisotopic (exact) mass is 300 g/mol. The number of amides is 1. The van der Waals surface area contributed by atoms with E-state index in [1.54, 1.807) is 13.3 Å². The summed E-state index contributed by atoms with van der Waals surface area (Å²) in [6, 6.07) is 7.58. The molecule has 0 spiro atoms. The average molecular weight is 300 g/mol. The first-order valence-corrected chi connectivity index (χ1v) is 7.58. The minimum absolute atomic E-state index is 0.105. The summed E-state index contributed by atoms with van der Waals surface area (Å²) in [6.45, 7) is 0. The van der Waals surface area contributed by atoms with E-state index < -0.39 is 0 Å². The average Bonchev–Trinajstić information content (AvgIpc) is 2.56. The van der Waals surface area contributed by atoms with Crippen LogP contribution < -0.4 is 10.1 Å². The predicted octanol–water partition coefficient (Wildman–Crippen LogP) is 2.28. The molecular formula is C17H20N2O3. The Morgan fingerprint density at radius 1 is 1.27 bits per heavy atom. The quantitative estimate of drug-likeness (QED) is 0.912. The molecule has 22 heavy (non-hydrogen) atoms. The van der Waals surface area contributed by atoms with Crippen molar-refractivity contribution in [1.82, 2.24) is 10.3 Å². The van der Waals surface area contributed by atoms with E-state index >= 15 is 0 Å². The second-order valence-electron chi connectivity index (χ2n) is 5.76. The summed E-state index contributed by atoms with van der Waals surface area (Å²) < 4.78 is 5.17. The largest absolute Gasteiger partial charge is 0.497 e. The molecule has 1 saturated carbocycles. The summed E-state index contributed by atoms with van der Waals surface area (Å²) in [7, 11) is 1.62. The van der Waals surface area contributed by atoms with Crippen LogP contribution in [-0.2, 0) is 0 Å². The Morgan fingerprint density at radius 3 is 2.77 bits per heavy atom. The number of fused-ring (bicyclic) bond motifs is 1. The zero-order valence-corrected chi connectivity index (χ0v) is 12.6. The molecule has 1 heterocycles. The molecule has 0 bridgehead atoms. The van der Waals surface area contributed by atoms with Crippen molar-refractivity contribution >= 4 is 16.8 Å². The predicted molar refractivity (Wildman–Crippen MR) is 84.0 cm³/mol. The molecule has 116 valence electrons. The lowest BCUT2D eigenvalue weighted by atomic mass is 9.93. The number of methoxy groups -OCH3 is 1. The standard InChI is InChI=1S/C17H20N2O3/c1-22-15-7-2-11-8-12(10-18-16(11)9-15)17(21)19-13-3-5-14(20)6-4-13/h2,7-10,13-14,20H,3-6H2,1H3,(H,19,21). The summed E-state index contributed by atoms with van der Waals surface area (Å²) in [5, 5.41) is 13.4. The molecule has 2 aromatic rings. The van der Waals surface area contributed by atoms with E-state index in [0.717, 1.165) is 42.3 Å². The second-order valence-corrected chi connectivity index (χ2v) is 5.76. The minimum atomic E-state index is -0.217. The van der Waals surface area contributed by atoms with E-state index in [2.05, 4.69) is 10.3 Å². The maximum atomic E-state index is 12.3. The Labute approximate surface area is 129 Å². The number of benzene rings is 1. The molecule has 5 nitrogen and oxygen atoms in total. The van der Waals surface area contributed by atoms with E-state index in [4.69, 9.17) is 4.74 Å². The maximum Gasteiger partial charge on any atom is 0.253 e. The van der Waals surface area contributed by atoms with Gasteiger partial charge >= 0.3 is 0 Å². The van der Waals surface area contributed by atoms with Crippen molar-refractivity contribution in [3.63, 3.8) is 0 Å². The van der Waals surface area contributed by atoms with Gasteiger partial charge < -0.3 is 15.2 Å². The van der Waals surface area contributed by atoms with Gasteiger partial charge in [0.15, 0.2) is 0 Å². The molecular weight excluding hydrogens is 280 g/mol. The number of carbonyl (C=O) groups excluding carboxylic acids is 1. The molecule has 0 unspecified atom stereocenters. The van der Waals surface area contributed by atoms with Gasteiger partial charge in [-0.3, -0.25) is 9.78 Å². The SMILES string of the molecule is COc1ccc2cc(C(=O)NC3CCC(O)CC3)cnc2c1. The van der Waals surface area contributed by atoms with Gasteiger partial charge in [0.1, 0.15) is 5.75 Å². The number of aliphatic hydroxyl groups is 1. The Morgan fingerprint density at radius 2 is 2.05 bits per heavy atom. The lowest BCUT2D eigenvalue weighted by Gasteiger charge is -2.26. The number of aromatic nitrogens is 1. The molecule has 0 aliphatic heterocycles. The Balaban J connectivity index is 1.73. The molecule has 1 aliphatic carbocycles. The Bertz CT molecular complexity index is 679. The van der Waals surface area contributed by atoms with Crippen LogP contribution in [-0.4, -0.2) is 35.3 Å². The first kappa shape index (κ1) is 14.8. The van der Waals surface area contributed by atoms with Gasteiger partial charge in [-0.1, -0.05) is 0 Å². The zero-order chi connectivity index (χ0) is 15.5. The molecule has 0 radical (unpaired) electrons. The first-order chi connectivity index (χ1) is 10.7. The van der Waals surface area contributed by atoms with Gasteiger partial charge in [0, 0.05) is 23.7 Å². The molecule has 1 fully saturated rings. The van der Waals surface area contributed by atoms with Gasteiger partial charge in [-0.25, -0.2) is 0 Å². The van der Waals surface area contributed by atoms with Gasteiger partial charge in [-0.2, -0.15) is 0 Å². The van der Waals surface area contributed by atoms with Crippen LogP contribution in [0, 0.1) is 0 Å². The van der Waals surface area contributed by atoms with Crippen molar-refractivity contribution in [2.45, 2.75) is 37.8 Å². The summed E-state index contributed by atoms with van der Waals surface area (Å²) in [5.74, 6) is 0.643.